The van der Waals surface area contributed by atoms with E-state index in [-0.39, 0.29) is 11.9 Å². The van der Waals surface area contributed by atoms with Crippen LogP contribution in [0.5, 0.6) is 0 Å². The van der Waals surface area contributed by atoms with Crippen molar-refractivity contribution in [3.05, 3.63) is 53.9 Å². The summed E-state index contributed by atoms with van der Waals surface area (Å²) < 4.78 is 4.00. The zero-order chi connectivity index (χ0) is 19.0. The third-order valence-electron chi connectivity index (χ3n) is 5.28. The van der Waals surface area contributed by atoms with Crippen molar-refractivity contribution >= 4 is 5.91 Å². The molecule has 4 rings (SSSR count). The lowest BCUT2D eigenvalue weighted by atomic mass is 10.0. The Morgan fingerprint density at radius 2 is 2.07 bits per heavy atom. The summed E-state index contributed by atoms with van der Waals surface area (Å²) in [5.41, 5.74) is 3.60. The monoisotopic (exact) mass is 364 g/mol. The molecule has 0 radical (unpaired) electrons. The molecule has 1 aliphatic heterocycles. The van der Waals surface area contributed by atoms with Gasteiger partial charge in [0.15, 0.2) is 5.69 Å². The van der Waals surface area contributed by atoms with E-state index in [0.29, 0.717) is 12.2 Å². The van der Waals surface area contributed by atoms with Crippen molar-refractivity contribution in [3.63, 3.8) is 0 Å². The molecule has 1 aliphatic rings. The van der Waals surface area contributed by atoms with Crippen molar-refractivity contribution in [2.45, 2.75) is 32.7 Å². The molecule has 0 N–H and O–H groups in total. The molecule has 0 aromatic carbocycles. The van der Waals surface area contributed by atoms with Crippen LogP contribution in [0.2, 0.25) is 0 Å². The Kier molecular flexibility index (Phi) is 4.51. The fraction of sp³-hybridized carbons (Fsp3) is 0.400. The third kappa shape index (κ3) is 3.25. The number of aromatic nitrogens is 5. The predicted octanol–water partition coefficient (Wildman–Crippen LogP) is 2.77. The number of nitrogens with zero attached hydrogens (tertiary/aromatic N) is 6. The maximum atomic E-state index is 12.9. The minimum Gasteiger partial charge on any atom is -0.335 e. The number of piperidine rings is 1. The molecule has 7 nitrogen and oxygen atoms in total. The topological polar surface area (TPSA) is 68.8 Å². The summed E-state index contributed by atoms with van der Waals surface area (Å²) in [6.45, 7) is 5.45. The fourth-order valence-corrected chi connectivity index (χ4v) is 3.79. The molecule has 140 valence electrons. The summed E-state index contributed by atoms with van der Waals surface area (Å²) >= 11 is 0. The Balaban J connectivity index is 1.61. The van der Waals surface area contributed by atoms with Crippen LogP contribution >= 0.6 is 0 Å². The van der Waals surface area contributed by atoms with Crippen LogP contribution in [0.15, 0.2) is 36.8 Å². The number of likely N-dealkylation sites (tertiary alicyclic amines) is 1. The first kappa shape index (κ1) is 17.5. The van der Waals surface area contributed by atoms with Gasteiger partial charge < -0.3 is 9.47 Å². The van der Waals surface area contributed by atoms with E-state index in [9.17, 15) is 4.79 Å². The van der Waals surface area contributed by atoms with Gasteiger partial charge in [0.1, 0.15) is 5.82 Å². The Hall–Kier alpha value is -2.96. The van der Waals surface area contributed by atoms with Crippen LogP contribution in [0.4, 0.5) is 0 Å². The van der Waals surface area contributed by atoms with E-state index in [1.807, 2.05) is 49.5 Å². The summed E-state index contributed by atoms with van der Waals surface area (Å²) in [5, 5.41) is 4.35. The summed E-state index contributed by atoms with van der Waals surface area (Å²) in [6.07, 6.45) is 7.48. The number of aryl methyl sites for hydroxylation is 3. The summed E-state index contributed by atoms with van der Waals surface area (Å²) in [4.78, 5) is 23.7. The van der Waals surface area contributed by atoms with Crippen LogP contribution < -0.4 is 0 Å². The van der Waals surface area contributed by atoms with E-state index in [2.05, 4.69) is 26.6 Å². The number of hydrogen-bond acceptors (Lipinski definition) is 4. The van der Waals surface area contributed by atoms with E-state index in [0.717, 1.165) is 42.2 Å². The van der Waals surface area contributed by atoms with E-state index < -0.39 is 0 Å². The number of rotatable bonds is 3. The molecule has 1 unspecified atom stereocenters. The van der Waals surface area contributed by atoms with Crippen LogP contribution in [0.1, 0.15) is 40.8 Å². The number of hydrogen-bond donors (Lipinski definition) is 0. The Morgan fingerprint density at radius 1 is 1.22 bits per heavy atom. The van der Waals surface area contributed by atoms with Gasteiger partial charge >= 0.3 is 0 Å². The SMILES string of the molecule is Cc1cc(C(=O)N2CCCC(n3c(C)cnc3-c3cccnc3)C2)nn1C. The minimum absolute atomic E-state index is 0.00379. The third-order valence-corrected chi connectivity index (χ3v) is 5.28. The largest absolute Gasteiger partial charge is 0.335 e. The fourth-order valence-electron chi connectivity index (χ4n) is 3.79. The highest BCUT2D eigenvalue weighted by Crippen LogP contribution is 2.29. The van der Waals surface area contributed by atoms with Crippen molar-refractivity contribution in [1.82, 2.24) is 29.2 Å². The van der Waals surface area contributed by atoms with Gasteiger partial charge in [0.25, 0.3) is 5.91 Å². The lowest BCUT2D eigenvalue weighted by Crippen LogP contribution is -2.41. The average Bonchev–Trinajstić information content (AvgIpc) is 3.24. The van der Waals surface area contributed by atoms with E-state index in [1.54, 1.807) is 10.9 Å². The molecule has 3 aromatic heterocycles. The maximum absolute atomic E-state index is 12.9. The first-order valence-corrected chi connectivity index (χ1v) is 9.28. The Labute approximate surface area is 158 Å². The van der Waals surface area contributed by atoms with E-state index in [4.69, 9.17) is 0 Å². The predicted molar refractivity (Wildman–Crippen MR) is 102 cm³/mol. The second-order valence-electron chi connectivity index (χ2n) is 7.18. The van der Waals surface area contributed by atoms with Gasteiger partial charge in [-0.25, -0.2) is 4.98 Å². The minimum atomic E-state index is 0.00379. The first-order valence-electron chi connectivity index (χ1n) is 9.28. The summed E-state index contributed by atoms with van der Waals surface area (Å²) in [5.74, 6) is 0.915. The van der Waals surface area contributed by atoms with Crippen LogP contribution in [-0.4, -0.2) is 48.2 Å². The second-order valence-corrected chi connectivity index (χ2v) is 7.18. The van der Waals surface area contributed by atoms with Gasteiger partial charge in [-0.15, -0.1) is 0 Å². The summed E-state index contributed by atoms with van der Waals surface area (Å²) in [7, 11) is 1.86. The van der Waals surface area contributed by atoms with Crippen molar-refractivity contribution in [2.75, 3.05) is 13.1 Å². The highest BCUT2D eigenvalue weighted by atomic mass is 16.2. The first-order chi connectivity index (χ1) is 13.0. The molecule has 1 atom stereocenters. The molecule has 0 spiro atoms. The zero-order valence-electron chi connectivity index (χ0n) is 16.0. The van der Waals surface area contributed by atoms with Crippen molar-refractivity contribution in [1.29, 1.82) is 0 Å². The lowest BCUT2D eigenvalue weighted by Gasteiger charge is -2.34. The molecule has 0 bridgehead atoms. The number of carbonyl (C=O) groups excluding carboxylic acids is 1. The van der Waals surface area contributed by atoms with Gasteiger partial charge in [-0.1, -0.05) is 0 Å². The molecule has 0 aliphatic carbocycles. The average molecular weight is 364 g/mol. The van der Waals surface area contributed by atoms with Gasteiger partial charge in [-0.2, -0.15) is 5.10 Å². The van der Waals surface area contributed by atoms with Crippen molar-refractivity contribution in [3.8, 4) is 11.4 Å². The molecule has 1 fully saturated rings. The van der Waals surface area contributed by atoms with Gasteiger partial charge in [0, 0.05) is 55.7 Å². The van der Waals surface area contributed by atoms with Gasteiger partial charge in [-0.3, -0.25) is 14.5 Å². The highest BCUT2D eigenvalue weighted by molar-refractivity contribution is 5.92. The van der Waals surface area contributed by atoms with Crippen molar-refractivity contribution in [2.24, 2.45) is 7.05 Å². The Morgan fingerprint density at radius 3 is 2.78 bits per heavy atom. The van der Waals surface area contributed by atoms with Gasteiger partial charge in [-0.05, 0) is 44.9 Å². The second kappa shape index (κ2) is 6.98. The number of amides is 1. The standard InChI is InChI=1S/C20H24N6O/c1-14-10-18(23-24(14)3)20(27)25-9-5-7-17(13-25)26-15(2)11-22-19(26)16-6-4-8-21-12-16/h4,6,8,10-12,17H,5,7,9,13H2,1-3H3. The molecule has 0 saturated carbocycles. The van der Waals surface area contributed by atoms with Crippen LogP contribution in [-0.2, 0) is 7.05 Å². The number of carbonyl (C=O) groups is 1. The molecule has 3 aromatic rings. The van der Waals surface area contributed by atoms with Crippen molar-refractivity contribution < 1.29 is 4.79 Å². The van der Waals surface area contributed by atoms with E-state index >= 15 is 0 Å². The highest BCUT2D eigenvalue weighted by Gasteiger charge is 2.29. The molecule has 7 heteroatoms. The van der Waals surface area contributed by atoms with Gasteiger partial charge in [0.2, 0.25) is 0 Å². The maximum Gasteiger partial charge on any atom is 0.274 e. The quantitative estimate of drug-likeness (QED) is 0.717. The summed E-state index contributed by atoms with van der Waals surface area (Å²) in [6, 6.07) is 6.00. The molecular formula is C20H24N6O. The molecular weight excluding hydrogens is 340 g/mol. The molecule has 1 amide bonds. The van der Waals surface area contributed by atoms with Crippen LogP contribution in [0.25, 0.3) is 11.4 Å². The molecule has 1 saturated heterocycles. The Bertz CT molecular complexity index is 939. The normalized spacial score (nSPS) is 17.3. The van der Waals surface area contributed by atoms with E-state index in [1.165, 1.54) is 0 Å². The number of imidazole rings is 1. The number of pyridine rings is 1. The molecule has 4 heterocycles. The zero-order valence-corrected chi connectivity index (χ0v) is 16.0. The smallest absolute Gasteiger partial charge is 0.274 e. The lowest BCUT2D eigenvalue weighted by molar-refractivity contribution is 0.0672. The van der Waals surface area contributed by atoms with Crippen LogP contribution in [0.3, 0.4) is 0 Å². The molecule has 27 heavy (non-hydrogen) atoms. The van der Waals surface area contributed by atoms with Gasteiger partial charge in [0.05, 0.1) is 6.04 Å². The van der Waals surface area contributed by atoms with Crippen LogP contribution in [0, 0.1) is 13.8 Å².